The van der Waals surface area contributed by atoms with Crippen LogP contribution in [0.25, 0.3) is 0 Å². The highest BCUT2D eigenvalue weighted by molar-refractivity contribution is 7.16. The van der Waals surface area contributed by atoms with E-state index in [4.69, 9.17) is 17.3 Å². The highest BCUT2D eigenvalue weighted by Gasteiger charge is 2.13. The van der Waals surface area contributed by atoms with Crippen LogP contribution in [-0.4, -0.2) is 0 Å². The Balaban J connectivity index is 2.40. The summed E-state index contributed by atoms with van der Waals surface area (Å²) < 4.78 is 0.788. The van der Waals surface area contributed by atoms with Crippen LogP contribution in [0.4, 0.5) is 0 Å². The van der Waals surface area contributed by atoms with E-state index in [0.29, 0.717) is 0 Å². The Kier molecular flexibility index (Phi) is 3.33. The minimum absolute atomic E-state index is 0.0719. The molecule has 1 aromatic carbocycles. The fraction of sp³-hybridized carbons (Fsp3) is 0.231. The molecule has 0 bridgehead atoms. The van der Waals surface area contributed by atoms with Gasteiger partial charge in [0.2, 0.25) is 0 Å². The van der Waals surface area contributed by atoms with Gasteiger partial charge in [-0.25, -0.2) is 0 Å². The van der Waals surface area contributed by atoms with Crippen molar-refractivity contribution >= 4 is 22.9 Å². The second-order valence-electron chi connectivity index (χ2n) is 3.98. The summed E-state index contributed by atoms with van der Waals surface area (Å²) in [6, 6.07) is 10.2. The lowest BCUT2D eigenvalue weighted by atomic mass is 9.98. The van der Waals surface area contributed by atoms with Crippen LogP contribution >= 0.6 is 22.9 Å². The van der Waals surface area contributed by atoms with Crippen LogP contribution < -0.4 is 5.73 Å². The minimum Gasteiger partial charge on any atom is -0.320 e. The molecule has 2 rings (SSSR count). The molecule has 0 aliphatic heterocycles. The van der Waals surface area contributed by atoms with Gasteiger partial charge >= 0.3 is 0 Å². The zero-order valence-electron chi connectivity index (χ0n) is 9.33. The Morgan fingerprint density at radius 2 is 1.94 bits per heavy atom. The molecular formula is C13H14ClNS. The van der Waals surface area contributed by atoms with E-state index in [1.165, 1.54) is 16.7 Å². The van der Waals surface area contributed by atoms with Gasteiger partial charge in [0.05, 0.1) is 10.4 Å². The van der Waals surface area contributed by atoms with Crippen LogP contribution in [0.5, 0.6) is 0 Å². The van der Waals surface area contributed by atoms with E-state index in [2.05, 4.69) is 32.0 Å². The van der Waals surface area contributed by atoms with Gasteiger partial charge < -0.3 is 5.73 Å². The van der Waals surface area contributed by atoms with Gasteiger partial charge in [0.15, 0.2) is 0 Å². The topological polar surface area (TPSA) is 26.0 Å². The van der Waals surface area contributed by atoms with Gasteiger partial charge in [0.25, 0.3) is 0 Å². The molecule has 0 spiro atoms. The average molecular weight is 252 g/mol. The predicted molar refractivity (Wildman–Crippen MR) is 71.3 cm³/mol. The number of aryl methyl sites for hydroxylation is 2. The predicted octanol–water partition coefficient (Wildman–Crippen LogP) is 4.07. The normalized spacial score (nSPS) is 12.8. The largest absolute Gasteiger partial charge is 0.320 e. The van der Waals surface area contributed by atoms with E-state index in [1.807, 2.05) is 12.1 Å². The molecule has 0 saturated heterocycles. The fourth-order valence-corrected chi connectivity index (χ4v) is 2.83. The number of halogens is 1. The second kappa shape index (κ2) is 4.58. The van der Waals surface area contributed by atoms with Crippen molar-refractivity contribution in [3.8, 4) is 0 Å². The molecule has 0 saturated carbocycles. The average Bonchev–Trinajstić information content (AvgIpc) is 2.67. The molecule has 1 atom stereocenters. The molecule has 84 valence electrons. The van der Waals surface area contributed by atoms with Crippen molar-refractivity contribution in [3.63, 3.8) is 0 Å². The maximum atomic E-state index is 6.25. The minimum atomic E-state index is -0.0719. The molecule has 0 aliphatic carbocycles. The lowest BCUT2D eigenvalue weighted by molar-refractivity contribution is 0.880. The van der Waals surface area contributed by atoms with E-state index in [9.17, 15) is 0 Å². The molecule has 1 nitrogen and oxygen atoms in total. The fourth-order valence-electron chi connectivity index (χ4n) is 1.74. The van der Waals surface area contributed by atoms with Crippen LogP contribution in [0.3, 0.4) is 0 Å². The molecule has 1 aromatic heterocycles. The Morgan fingerprint density at radius 1 is 1.19 bits per heavy atom. The Bertz CT molecular complexity index is 504. The third kappa shape index (κ3) is 2.29. The van der Waals surface area contributed by atoms with Crippen molar-refractivity contribution in [2.75, 3.05) is 0 Å². The molecule has 1 heterocycles. The van der Waals surface area contributed by atoms with Crippen molar-refractivity contribution in [3.05, 3.63) is 56.2 Å². The third-order valence-electron chi connectivity index (χ3n) is 2.67. The number of hydrogen-bond acceptors (Lipinski definition) is 2. The molecule has 2 N–H and O–H groups in total. The summed E-state index contributed by atoms with van der Waals surface area (Å²) in [5.74, 6) is 0. The summed E-state index contributed by atoms with van der Waals surface area (Å²) >= 11 is 7.47. The lowest BCUT2D eigenvalue weighted by Crippen LogP contribution is -2.11. The van der Waals surface area contributed by atoms with Crippen molar-refractivity contribution in [2.45, 2.75) is 19.9 Å². The van der Waals surface area contributed by atoms with Gasteiger partial charge in [-0.2, -0.15) is 0 Å². The Labute approximate surface area is 105 Å². The van der Waals surface area contributed by atoms with Crippen LogP contribution in [0.1, 0.15) is 27.6 Å². The molecule has 16 heavy (non-hydrogen) atoms. The van der Waals surface area contributed by atoms with E-state index in [0.717, 1.165) is 9.21 Å². The van der Waals surface area contributed by atoms with Gasteiger partial charge in [-0.05, 0) is 37.1 Å². The SMILES string of the molecule is Cc1ccc(C)c(C(N)c2ccc(Cl)s2)c1. The maximum Gasteiger partial charge on any atom is 0.0931 e. The Morgan fingerprint density at radius 3 is 2.56 bits per heavy atom. The van der Waals surface area contributed by atoms with Gasteiger partial charge in [-0.3, -0.25) is 0 Å². The van der Waals surface area contributed by atoms with Crippen molar-refractivity contribution in [2.24, 2.45) is 5.73 Å². The first kappa shape index (κ1) is 11.6. The van der Waals surface area contributed by atoms with Crippen LogP contribution in [0.15, 0.2) is 30.3 Å². The molecule has 0 radical (unpaired) electrons. The first-order valence-corrected chi connectivity index (χ1v) is 6.35. The maximum absolute atomic E-state index is 6.25. The first-order valence-electron chi connectivity index (χ1n) is 5.16. The molecule has 0 fully saturated rings. The summed E-state index contributed by atoms with van der Waals surface area (Å²) in [4.78, 5) is 1.11. The second-order valence-corrected chi connectivity index (χ2v) is 5.73. The van der Waals surface area contributed by atoms with E-state index >= 15 is 0 Å². The summed E-state index contributed by atoms with van der Waals surface area (Å²) in [7, 11) is 0. The number of nitrogens with two attached hydrogens (primary N) is 1. The molecule has 3 heteroatoms. The number of hydrogen-bond donors (Lipinski definition) is 1. The first-order chi connectivity index (χ1) is 7.58. The summed E-state index contributed by atoms with van der Waals surface area (Å²) in [6.07, 6.45) is 0. The van der Waals surface area contributed by atoms with E-state index in [-0.39, 0.29) is 6.04 Å². The summed E-state index contributed by atoms with van der Waals surface area (Å²) in [5, 5.41) is 0. The molecular weight excluding hydrogens is 238 g/mol. The lowest BCUT2D eigenvalue weighted by Gasteiger charge is -2.13. The highest BCUT2D eigenvalue weighted by Crippen LogP contribution is 2.31. The van der Waals surface area contributed by atoms with E-state index < -0.39 is 0 Å². The monoisotopic (exact) mass is 251 g/mol. The van der Waals surface area contributed by atoms with Gasteiger partial charge in [0.1, 0.15) is 0 Å². The van der Waals surface area contributed by atoms with Crippen LogP contribution in [-0.2, 0) is 0 Å². The molecule has 0 amide bonds. The van der Waals surface area contributed by atoms with Gasteiger partial charge in [-0.15, -0.1) is 11.3 Å². The summed E-state index contributed by atoms with van der Waals surface area (Å²) in [6.45, 7) is 4.17. The van der Waals surface area contributed by atoms with Crippen molar-refractivity contribution in [1.82, 2.24) is 0 Å². The van der Waals surface area contributed by atoms with Crippen LogP contribution in [0, 0.1) is 13.8 Å². The summed E-state index contributed by atoms with van der Waals surface area (Å²) in [5.41, 5.74) is 9.89. The van der Waals surface area contributed by atoms with Crippen molar-refractivity contribution in [1.29, 1.82) is 0 Å². The highest BCUT2D eigenvalue weighted by atomic mass is 35.5. The quantitative estimate of drug-likeness (QED) is 0.856. The van der Waals surface area contributed by atoms with Gasteiger partial charge in [0, 0.05) is 4.88 Å². The molecule has 1 unspecified atom stereocenters. The zero-order chi connectivity index (χ0) is 11.7. The zero-order valence-corrected chi connectivity index (χ0v) is 10.9. The molecule has 2 aromatic rings. The third-order valence-corrected chi connectivity index (χ3v) is 3.98. The number of benzene rings is 1. The van der Waals surface area contributed by atoms with Gasteiger partial charge in [-0.1, -0.05) is 35.4 Å². The smallest absolute Gasteiger partial charge is 0.0931 e. The Hall–Kier alpha value is -0.830. The van der Waals surface area contributed by atoms with E-state index in [1.54, 1.807) is 11.3 Å². The van der Waals surface area contributed by atoms with Crippen LogP contribution in [0.2, 0.25) is 4.34 Å². The standard InChI is InChI=1S/C13H14ClNS/c1-8-3-4-9(2)10(7-8)13(15)11-5-6-12(14)16-11/h3-7,13H,15H2,1-2H3. The number of rotatable bonds is 2. The molecule has 0 aliphatic rings. The number of thiophene rings is 1. The van der Waals surface area contributed by atoms with Crippen molar-refractivity contribution < 1.29 is 0 Å².